The topological polar surface area (TPSA) is 65.4 Å². The van der Waals surface area contributed by atoms with E-state index >= 15 is 0 Å². The average molecular weight is 249 g/mol. The summed E-state index contributed by atoms with van der Waals surface area (Å²) in [5.74, 6) is -0.737. The van der Waals surface area contributed by atoms with Crippen LogP contribution in [0.1, 0.15) is 18.1 Å². The highest BCUT2D eigenvalue weighted by atomic mass is 35.5. The van der Waals surface area contributed by atoms with Crippen molar-refractivity contribution in [3.63, 3.8) is 0 Å². The van der Waals surface area contributed by atoms with Gasteiger partial charge in [-0.1, -0.05) is 11.6 Å². The van der Waals surface area contributed by atoms with Crippen molar-refractivity contribution in [2.75, 3.05) is 13.6 Å². The third kappa shape index (κ3) is 3.38. The summed E-state index contributed by atoms with van der Waals surface area (Å²) < 4.78 is 12.8. The Labute approximate surface area is 98.1 Å². The third-order valence-corrected chi connectivity index (χ3v) is 2.54. The minimum absolute atomic E-state index is 0.136. The zero-order chi connectivity index (χ0) is 12.1. The predicted octanol–water partition coefficient (Wildman–Crippen LogP) is 0.878. The van der Waals surface area contributed by atoms with Gasteiger partial charge in [0.05, 0.1) is 11.1 Å². The molecule has 0 aliphatic carbocycles. The summed E-state index contributed by atoms with van der Waals surface area (Å²) in [4.78, 5) is 3.34. The molecule has 1 aromatic heterocycles. The van der Waals surface area contributed by atoms with Gasteiger partial charge in [0.2, 0.25) is 5.95 Å². The molecule has 0 fully saturated rings. The van der Waals surface area contributed by atoms with Gasteiger partial charge in [0.15, 0.2) is 0 Å². The number of nitrogens with zero attached hydrogens (tertiary/aromatic N) is 1. The average Bonchev–Trinajstić information content (AvgIpc) is 2.28. The van der Waals surface area contributed by atoms with E-state index in [0.717, 1.165) is 12.3 Å². The highest BCUT2D eigenvalue weighted by Crippen LogP contribution is 2.26. The van der Waals surface area contributed by atoms with Crippen LogP contribution in [0.15, 0.2) is 12.3 Å². The maximum atomic E-state index is 12.8. The summed E-state index contributed by atoms with van der Waals surface area (Å²) in [5.41, 5.74) is 0.151. The van der Waals surface area contributed by atoms with E-state index in [2.05, 4.69) is 10.3 Å². The van der Waals surface area contributed by atoms with E-state index in [9.17, 15) is 14.6 Å². The van der Waals surface area contributed by atoms with Gasteiger partial charge >= 0.3 is 0 Å². The second-order valence-corrected chi connectivity index (χ2v) is 3.84. The normalized spacial score (nSPS) is 14.8. The fourth-order valence-electron chi connectivity index (χ4n) is 1.31. The maximum Gasteiger partial charge on any atom is 0.213 e. The first-order valence-corrected chi connectivity index (χ1v) is 5.25. The smallest absolute Gasteiger partial charge is 0.213 e. The highest BCUT2D eigenvalue weighted by Gasteiger charge is 2.21. The fourth-order valence-corrected chi connectivity index (χ4v) is 1.53. The molecule has 2 unspecified atom stereocenters. The summed E-state index contributed by atoms with van der Waals surface area (Å²) in [6.07, 6.45) is -0.747. The van der Waals surface area contributed by atoms with E-state index in [0.29, 0.717) is 13.0 Å². The SMILES string of the molecule is CNCCC(O)C(O)c1cc(F)ncc1Cl. The molecule has 0 aliphatic rings. The van der Waals surface area contributed by atoms with Crippen LogP contribution in [0.3, 0.4) is 0 Å². The van der Waals surface area contributed by atoms with Crippen LogP contribution in [0.5, 0.6) is 0 Å². The first-order chi connectivity index (χ1) is 7.56. The number of nitrogens with one attached hydrogen (secondary N) is 1. The van der Waals surface area contributed by atoms with Crippen LogP contribution < -0.4 is 5.32 Å². The van der Waals surface area contributed by atoms with Gasteiger partial charge in [-0.15, -0.1) is 0 Å². The molecule has 0 radical (unpaired) electrons. The molecule has 0 aliphatic heterocycles. The maximum absolute atomic E-state index is 12.8. The van der Waals surface area contributed by atoms with E-state index in [1.807, 2.05) is 0 Å². The Bertz CT molecular complexity index is 352. The van der Waals surface area contributed by atoms with Crippen LogP contribution in [0.25, 0.3) is 0 Å². The van der Waals surface area contributed by atoms with Crippen LogP contribution in [0.2, 0.25) is 5.02 Å². The lowest BCUT2D eigenvalue weighted by Crippen LogP contribution is -2.23. The van der Waals surface area contributed by atoms with E-state index < -0.39 is 18.2 Å². The molecule has 1 aromatic rings. The van der Waals surface area contributed by atoms with Crippen molar-refractivity contribution in [3.05, 3.63) is 28.8 Å². The second kappa shape index (κ2) is 6.10. The Morgan fingerprint density at radius 2 is 2.25 bits per heavy atom. The van der Waals surface area contributed by atoms with Gasteiger partial charge in [0.25, 0.3) is 0 Å². The Morgan fingerprint density at radius 1 is 1.56 bits per heavy atom. The highest BCUT2D eigenvalue weighted by molar-refractivity contribution is 6.31. The van der Waals surface area contributed by atoms with Gasteiger partial charge < -0.3 is 15.5 Å². The molecular formula is C10H14ClFN2O2. The molecule has 90 valence electrons. The third-order valence-electron chi connectivity index (χ3n) is 2.22. The van der Waals surface area contributed by atoms with Crippen molar-refractivity contribution < 1.29 is 14.6 Å². The summed E-state index contributed by atoms with van der Waals surface area (Å²) in [7, 11) is 1.73. The number of hydrogen-bond acceptors (Lipinski definition) is 4. The molecule has 1 rings (SSSR count). The van der Waals surface area contributed by atoms with Crippen LogP contribution in [-0.2, 0) is 0 Å². The van der Waals surface area contributed by atoms with Crippen LogP contribution in [0.4, 0.5) is 4.39 Å². The molecule has 3 N–H and O–H groups in total. The molecule has 6 heteroatoms. The second-order valence-electron chi connectivity index (χ2n) is 3.43. The zero-order valence-electron chi connectivity index (χ0n) is 8.82. The quantitative estimate of drug-likeness (QED) is 0.677. The van der Waals surface area contributed by atoms with Crippen molar-refractivity contribution in [2.24, 2.45) is 0 Å². The van der Waals surface area contributed by atoms with Gasteiger partial charge in [0, 0.05) is 17.8 Å². The molecule has 0 saturated heterocycles. The van der Waals surface area contributed by atoms with Crippen molar-refractivity contribution in [1.29, 1.82) is 0 Å². The molecule has 0 bridgehead atoms. The summed E-state index contributed by atoms with van der Waals surface area (Å²) in [6, 6.07) is 1.02. The standard InChI is InChI=1S/C10H14ClFN2O2/c1-13-3-2-8(15)10(16)6-4-9(12)14-5-7(6)11/h4-5,8,10,13,15-16H,2-3H2,1H3. The van der Waals surface area contributed by atoms with Crippen LogP contribution in [0, 0.1) is 5.95 Å². The van der Waals surface area contributed by atoms with Gasteiger partial charge in [-0.2, -0.15) is 4.39 Å². The summed E-state index contributed by atoms with van der Waals surface area (Å²) in [6.45, 7) is 0.545. The number of aliphatic hydroxyl groups is 2. The zero-order valence-corrected chi connectivity index (χ0v) is 9.58. The first-order valence-electron chi connectivity index (χ1n) is 4.88. The Morgan fingerprint density at radius 3 is 2.88 bits per heavy atom. The summed E-state index contributed by atoms with van der Waals surface area (Å²) in [5, 5.41) is 22.4. The Kier molecular flexibility index (Phi) is 5.08. The predicted molar refractivity (Wildman–Crippen MR) is 58.7 cm³/mol. The van der Waals surface area contributed by atoms with Gasteiger partial charge in [-0.3, -0.25) is 0 Å². The molecule has 2 atom stereocenters. The number of pyridine rings is 1. The first kappa shape index (κ1) is 13.3. The molecule has 0 aromatic carbocycles. The van der Waals surface area contributed by atoms with E-state index in [1.54, 1.807) is 7.05 Å². The van der Waals surface area contributed by atoms with Gasteiger partial charge in [-0.05, 0) is 20.0 Å². The lowest BCUT2D eigenvalue weighted by atomic mass is 10.0. The molecule has 1 heterocycles. The van der Waals surface area contributed by atoms with Crippen LogP contribution in [-0.4, -0.2) is 34.9 Å². The van der Waals surface area contributed by atoms with E-state index in [1.165, 1.54) is 0 Å². The largest absolute Gasteiger partial charge is 0.390 e. The Balaban J connectivity index is 2.78. The van der Waals surface area contributed by atoms with E-state index in [4.69, 9.17) is 11.6 Å². The molecule has 0 saturated carbocycles. The summed E-state index contributed by atoms with van der Waals surface area (Å²) >= 11 is 5.75. The molecule has 0 amide bonds. The van der Waals surface area contributed by atoms with Crippen molar-refractivity contribution in [3.8, 4) is 0 Å². The molecule has 16 heavy (non-hydrogen) atoms. The monoisotopic (exact) mass is 248 g/mol. The number of aromatic nitrogens is 1. The molecule has 0 spiro atoms. The molecular weight excluding hydrogens is 235 g/mol. The molecule has 4 nitrogen and oxygen atoms in total. The lowest BCUT2D eigenvalue weighted by molar-refractivity contribution is 0.0138. The number of rotatable bonds is 5. The number of hydrogen-bond donors (Lipinski definition) is 3. The number of aliphatic hydroxyl groups excluding tert-OH is 2. The van der Waals surface area contributed by atoms with Crippen molar-refractivity contribution >= 4 is 11.6 Å². The van der Waals surface area contributed by atoms with Crippen molar-refractivity contribution in [2.45, 2.75) is 18.6 Å². The fraction of sp³-hybridized carbons (Fsp3) is 0.500. The van der Waals surface area contributed by atoms with Crippen molar-refractivity contribution in [1.82, 2.24) is 10.3 Å². The van der Waals surface area contributed by atoms with Gasteiger partial charge in [0.1, 0.15) is 6.10 Å². The van der Waals surface area contributed by atoms with Gasteiger partial charge in [-0.25, -0.2) is 4.98 Å². The minimum Gasteiger partial charge on any atom is -0.390 e. The van der Waals surface area contributed by atoms with Crippen LogP contribution >= 0.6 is 11.6 Å². The Hall–Kier alpha value is -0.750. The van der Waals surface area contributed by atoms with E-state index in [-0.39, 0.29) is 10.6 Å². The number of halogens is 2. The lowest BCUT2D eigenvalue weighted by Gasteiger charge is -2.18. The minimum atomic E-state index is -1.21.